The van der Waals surface area contributed by atoms with E-state index in [2.05, 4.69) is 17.1 Å². The van der Waals surface area contributed by atoms with E-state index in [0.717, 1.165) is 17.7 Å². The van der Waals surface area contributed by atoms with Crippen LogP contribution in [0.4, 0.5) is 5.69 Å². The molecule has 30 heavy (non-hydrogen) atoms. The summed E-state index contributed by atoms with van der Waals surface area (Å²) in [5.41, 5.74) is 1.99. The van der Waals surface area contributed by atoms with E-state index in [9.17, 15) is 9.59 Å². The monoisotopic (exact) mass is 429 g/mol. The highest BCUT2D eigenvalue weighted by Crippen LogP contribution is 2.19. The van der Waals surface area contributed by atoms with Crippen LogP contribution in [0, 0.1) is 0 Å². The number of hydrogen-bond donors (Lipinski definition) is 1. The smallest absolute Gasteiger partial charge is 0.263 e. The summed E-state index contributed by atoms with van der Waals surface area (Å²) in [5, 5.41) is 3.57. The highest BCUT2D eigenvalue weighted by molar-refractivity contribution is 6.30. The van der Waals surface area contributed by atoms with E-state index in [1.807, 2.05) is 24.3 Å². The lowest BCUT2D eigenvalue weighted by Gasteiger charge is -2.35. The zero-order valence-corrected chi connectivity index (χ0v) is 18.2. The van der Waals surface area contributed by atoms with Crippen molar-refractivity contribution in [1.29, 1.82) is 0 Å². The van der Waals surface area contributed by atoms with Crippen molar-refractivity contribution in [2.45, 2.75) is 26.4 Å². The molecule has 0 saturated carbocycles. The zero-order chi connectivity index (χ0) is 21.5. The number of carbonyl (C=O) groups is 2. The number of nitrogens with one attached hydrogen (secondary N) is 1. The fourth-order valence-electron chi connectivity index (χ4n) is 3.52. The standard InChI is InChI=1S/C23H28ClN3O3/c1-3-18-7-4-5-10-21(18)25-22(28)16-26-11-13-27(14-12-26)23(29)17(2)30-20-9-6-8-19(24)15-20/h4-10,15,17H,3,11-14,16H2,1-2H3,(H,25,28). The minimum Gasteiger partial charge on any atom is -0.481 e. The van der Waals surface area contributed by atoms with Gasteiger partial charge in [0.1, 0.15) is 5.75 Å². The molecule has 0 spiro atoms. The van der Waals surface area contributed by atoms with Gasteiger partial charge in [0.05, 0.1) is 6.54 Å². The largest absolute Gasteiger partial charge is 0.481 e. The first-order valence-electron chi connectivity index (χ1n) is 10.3. The molecule has 6 nitrogen and oxygen atoms in total. The van der Waals surface area contributed by atoms with Crippen molar-refractivity contribution in [3.8, 4) is 5.75 Å². The number of carbonyl (C=O) groups excluding carboxylic acids is 2. The first-order chi connectivity index (χ1) is 14.5. The van der Waals surface area contributed by atoms with Crippen molar-refractivity contribution < 1.29 is 14.3 Å². The van der Waals surface area contributed by atoms with Crippen LogP contribution in [0.2, 0.25) is 5.02 Å². The molecule has 0 radical (unpaired) electrons. The average molecular weight is 430 g/mol. The molecular formula is C23H28ClN3O3. The molecule has 3 rings (SSSR count). The van der Waals surface area contributed by atoms with Gasteiger partial charge < -0.3 is 15.0 Å². The Labute approximate surface area is 182 Å². The Morgan fingerprint density at radius 1 is 1.10 bits per heavy atom. The van der Waals surface area contributed by atoms with Gasteiger partial charge in [-0.3, -0.25) is 14.5 Å². The van der Waals surface area contributed by atoms with E-state index in [-0.39, 0.29) is 11.8 Å². The first-order valence-corrected chi connectivity index (χ1v) is 10.6. The predicted octanol–water partition coefficient (Wildman–Crippen LogP) is 3.45. The Bertz CT molecular complexity index is 882. The van der Waals surface area contributed by atoms with Crippen LogP contribution >= 0.6 is 11.6 Å². The maximum absolute atomic E-state index is 12.7. The highest BCUT2D eigenvalue weighted by atomic mass is 35.5. The lowest BCUT2D eigenvalue weighted by molar-refractivity contribution is -0.139. The number of nitrogens with zero attached hydrogens (tertiary/aromatic N) is 2. The molecule has 1 aliphatic rings. The number of aryl methyl sites for hydroxylation is 1. The average Bonchev–Trinajstić information content (AvgIpc) is 2.74. The lowest BCUT2D eigenvalue weighted by atomic mass is 10.1. The van der Waals surface area contributed by atoms with Crippen LogP contribution < -0.4 is 10.1 Å². The van der Waals surface area contributed by atoms with E-state index >= 15 is 0 Å². The van der Waals surface area contributed by atoms with Gasteiger partial charge in [-0.15, -0.1) is 0 Å². The summed E-state index contributed by atoms with van der Waals surface area (Å²) in [5.74, 6) is 0.482. The van der Waals surface area contributed by atoms with Crippen LogP contribution in [0.5, 0.6) is 5.75 Å². The first kappa shape index (κ1) is 22.1. The molecule has 1 unspecified atom stereocenters. The number of halogens is 1. The highest BCUT2D eigenvalue weighted by Gasteiger charge is 2.27. The van der Waals surface area contributed by atoms with Crippen LogP contribution in [-0.4, -0.2) is 60.4 Å². The van der Waals surface area contributed by atoms with Crippen LogP contribution in [0.25, 0.3) is 0 Å². The number of hydrogen-bond acceptors (Lipinski definition) is 4. The Morgan fingerprint density at radius 3 is 2.53 bits per heavy atom. The molecule has 2 amide bonds. The van der Waals surface area contributed by atoms with Gasteiger partial charge in [-0.2, -0.15) is 0 Å². The van der Waals surface area contributed by atoms with Crippen LogP contribution in [-0.2, 0) is 16.0 Å². The molecule has 1 N–H and O–H groups in total. The van der Waals surface area contributed by atoms with E-state index in [4.69, 9.17) is 16.3 Å². The van der Waals surface area contributed by atoms with Gasteiger partial charge in [-0.25, -0.2) is 0 Å². The summed E-state index contributed by atoms with van der Waals surface area (Å²) in [7, 11) is 0. The quantitative estimate of drug-likeness (QED) is 0.732. The van der Waals surface area contributed by atoms with Crippen LogP contribution in [0.3, 0.4) is 0 Å². The Morgan fingerprint density at radius 2 is 1.83 bits per heavy atom. The molecule has 2 aromatic rings. The van der Waals surface area contributed by atoms with Crippen molar-refractivity contribution in [2.75, 3.05) is 38.0 Å². The summed E-state index contributed by atoms with van der Waals surface area (Å²) >= 11 is 5.97. The number of anilines is 1. The number of ether oxygens (including phenoxy) is 1. The Hall–Kier alpha value is -2.57. The SMILES string of the molecule is CCc1ccccc1NC(=O)CN1CCN(C(=O)C(C)Oc2cccc(Cl)c2)CC1. The molecule has 0 aliphatic carbocycles. The summed E-state index contributed by atoms with van der Waals surface area (Å²) < 4.78 is 5.74. The topological polar surface area (TPSA) is 61.9 Å². The van der Waals surface area contributed by atoms with E-state index in [1.54, 1.807) is 36.1 Å². The third kappa shape index (κ3) is 5.97. The molecule has 1 heterocycles. The molecule has 1 aliphatic heterocycles. The predicted molar refractivity (Wildman–Crippen MR) is 119 cm³/mol. The molecule has 1 atom stereocenters. The minimum absolute atomic E-state index is 0.0339. The summed E-state index contributed by atoms with van der Waals surface area (Å²) in [6, 6.07) is 14.9. The molecule has 1 saturated heterocycles. The second kappa shape index (κ2) is 10.5. The van der Waals surface area contributed by atoms with Gasteiger partial charge in [0.15, 0.2) is 6.10 Å². The van der Waals surface area contributed by atoms with Crippen molar-refractivity contribution in [3.63, 3.8) is 0 Å². The molecular weight excluding hydrogens is 402 g/mol. The Balaban J connectivity index is 1.45. The minimum atomic E-state index is -0.594. The number of amides is 2. The van der Waals surface area contributed by atoms with Crippen molar-refractivity contribution in [3.05, 3.63) is 59.1 Å². The summed E-state index contributed by atoms with van der Waals surface area (Å²) in [6.45, 7) is 6.57. The molecule has 0 aromatic heterocycles. The molecule has 0 bridgehead atoms. The number of benzene rings is 2. The van der Waals surface area contributed by atoms with Crippen molar-refractivity contribution in [1.82, 2.24) is 9.80 Å². The van der Waals surface area contributed by atoms with Gasteiger partial charge in [-0.1, -0.05) is 42.8 Å². The van der Waals surface area contributed by atoms with Gasteiger partial charge >= 0.3 is 0 Å². The second-order valence-electron chi connectivity index (χ2n) is 7.38. The van der Waals surface area contributed by atoms with E-state index in [1.165, 1.54) is 0 Å². The maximum Gasteiger partial charge on any atom is 0.263 e. The van der Waals surface area contributed by atoms with Gasteiger partial charge in [0, 0.05) is 36.9 Å². The van der Waals surface area contributed by atoms with Gasteiger partial charge in [0.2, 0.25) is 5.91 Å². The van der Waals surface area contributed by atoms with Crippen molar-refractivity contribution in [2.24, 2.45) is 0 Å². The number of piperazine rings is 1. The van der Waals surface area contributed by atoms with Gasteiger partial charge in [0.25, 0.3) is 5.91 Å². The fourth-order valence-corrected chi connectivity index (χ4v) is 3.70. The second-order valence-corrected chi connectivity index (χ2v) is 7.81. The number of para-hydroxylation sites is 1. The van der Waals surface area contributed by atoms with Crippen molar-refractivity contribution >= 4 is 29.1 Å². The molecule has 1 fully saturated rings. The summed E-state index contributed by atoms with van der Waals surface area (Å²) in [4.78, 5) is 29.0. The Kier molecular flexibility index (Phi) is 7.71. The van der Waals surface area contributed by atoms with E-state index in [0.29, 0.717) is 43.5 Å². The van der Waals surface area contributed by atoms with E-state index < -0.39 is 6.10 Å². The third-order valence-corrected chi connectivity index (χ3v) is 5.42. The van der Waals surface area contributed by atoms with Crippen LogP contribution in [0.1, 0.15) is 19.4 Å². The van der Waals surface area contributed by atoms with Gasteiger partial charge in [-0.05, 0) is 43.2 Å². The zero-order valence-electron chi connectivity index (χ0n) is 17.4. The molecule has 2 aromatic carbocycles. The summed E-state index contributed by atoms with van der Waals surface area (Å²) in [6.07, 6.45) is 0.274. The maximum atomic E-state index is 12.7. The normalized spacial score (nSPS) is 15.5. The molecule has 160 valence electrons. The van der Waals surface area contributed by atoms with Crippen LogP contribution in [0.15, 0.2) is 48.5 Å². The molecule has 7 heteroatoms. The number of rotatable bonds is 7. The lowest BCUT2D eigenvalue weighted by Crippen LogP contribution is -2.53. The fraction of sp³-hybridized carbons (Fsp3) is 0.391. The third-order valence-electron chi connectivity index (χ3n) is 5.18.